The summed E-state index contributed by atoms with van der Waals surface area (Å²) in [7, 11) is 0. The number of hydrogen-bond acceptors (Lipinski definition) is 4. The van der Waals surface area contributed by atoms with Crippen LogP contribution in [0.1, 0.15) is 42.1 Å². The summed E-state index contributed by atoms with van der Waals surface area (Å²) >= 11 is 0. The molecule has 30 heavy (non-hydrogen) atoms. The van der Waals surface area contributed by atoms with Crippen LogP contribution in [0.25, 0.3) is 5.76 Å². The number of aliphatic hydroxyl groups excluding tert-OH is 1. The summed E-state index contributed by atoms with van der Waals surface area (Å²) in [5.74, 6) is -1.29. The van der Waals surface area contributed by atoms with Crippen molar-refractivity contribution >= 4 is 17.4 Å². The van der Waals surface area contributed by atoms with Crippen molar-refractivity contribution in [3.8, 4) is 0 Å². The number of aliphatic hydroxyl groups is 1. The van der Waals surface area contributed by atoms with Gasteiger partial charge in [0.05, 0.1) is 11.6 Å². The zero-order chi connectivity index (χ0) is 21.8. The maximum Gasteiger partial charge on any atom is 0.295 e. The Kier molecular flexibility index (Phi) is 6.73. The Hall–Kier alpha value is -2.92. The van der Waals surface area contributed by atoms with E-state index in [0.717, 1.165) is 29.8 Å². The minimum absolute atomic E-state index is 0.119. The van der Waals surface area contributed by atoms with Gasteiger partial charge in [0.15, 0.2) is 0 Å². The van der Waals surface area contributed by atoms with E-state index in [0.29, 0.717) is 18.7 Å². The second-order valence-electron chi connectivity index (χ2n) is 7.74. The number of likely N-dealkylation sites (tertiary alicyclic amines) is 1. The van der Waals surface area contributed by atoms with Crippen molar-refractivity contribution in [3.05, 3.63) is 76.4 Å². The molecule has 1 aliphatic heterocycles. The monoisotopic (exact) mass is 406 g/mol. The zero-order valence-electron chi connectivity index (χ0n) is 18.2. The topological polar surface area (TPSA) is 60.9 Å². The maximum atomic E-state index is 13.1. The molecule has 0 saturated carbocycles. The lowest BCUT2D eigenvalue weighted by atomic mass is 9.92. The number of amides is 1. The second kappa shape index (κ2) is 9.26. The summed E-state index contributed by atoms with van der Waals surface area (Å²) in [5, 5.41) is 11.1. The van der Waals surface area contributed by atoms with Crippen molar-refractivity contribution in [2.75, 3.05) is 26.2 Å². The molecule has 1 amide bonds. The van der Waals surface area contributed by atoms with Gasteiger partial charge < -0.3 is 14.9 Å². The second-order valence-corrected chi connectivity index (χ2v) is 7.74. The Labute approximate surface area is 178 Å². The summed E-state index contributed by atoms with van der Waals surface area (Å²) in [6.07, 6.45) is 0. The first-order chi connectivity index (χ1) is 14.4. The van der Waals surface area contributed by atoms with Crippen LogP contribution in [0, 0.1) is 13.8 Å². The minimum atomic E-state index is -0.624. The van der Waals surface area contributed by atoms with Gasteiger partial charge in [-0.2, -0.15) is 0 Å². The predicted octanol–water partition coefficient (Wildman–Crippen LogP) is 4.07. The average Bonchev–Trinajstić information content (AvgIpc) is 2.99. The normalized spacial score (nSPS) is 18.4. The van der Waals surface area contributed by atoms with Gasteiger partial charge in [-0.15, -0.1) is 0 Å². The molecule has 3 rings (SSSR count). The molecule has 1 heterocycles. The lowest BCUT2D eigenvalue weighted by Gasteiger charge is -2.29. The van der Waals surface area contributed by atoms with E-state index in [9.17, 15) is 14.7 Å². The van der Waals surface area contributed by atoms with E-state index < -0.39 is 17.7 Å². The van der Waals surface area contributed by atoms with Crippen molar-refractivity contribution in [3.63, 3.8) is 0 Å². The molecule has 2 aromatic carbocycles. The van der Waals surface area contributed by atoms with Crippen LogP contribution >= 0.6 is 0 Å². The van der Waals surface area contributed by atoms with Crippen LogP contribution in [0.4, 0.5) is 0 Å². The molecule has 1 atom stereocenters. The number of carbonyl (C=O) groups is 2. The van der Waals surface area contributed by atoms with Gasteiger partial charge in [0, 0.05) is 18.7 Å². The smallest absolute Gasteiger partial charge is 0.295 e. The van der Waals surface area contributed by atoms with E-state index in [1.165, 1.54) is 0 Å². The zero-order valence-corrected chi connectivity index (χ0v) is 18.2. The SMILES string of the molecule is CCN(CC)CCN1C(=O)C(=O)/C(=C(\O)c2ccc(C)cc2)C1c1ccccc1C. The number of nitrogens with zero attached hydrogens (tertiary/aromatic N) is 2. The summed E-state index contributed by atoms with van der Waals surface area (Å²) in [5.41, 5.74) is 3.61. The molecule has 1 fully saturated rings. The highest BCUT2D eigenvalue weighted by molar-refractivity contribution is 6.46. The lowest BCUT2D eigenvalue weighted by molar-refractivity contribution is -0.140. The van der Waals surface area contributed by atoms with E-state index in [1.54, 1.807) is 17.0 Å². The van der Waals surface area contributed by atoms with Crippen molar-refractivity contribution in [2.24, 2.45) is 0 Å². The number of aryl methyl sites for hydroxylation is 2. The fourth-order valence-electron chi connectivity index (χ4n) is 3.98. The molecule has 0 radical (unpaired) electrons. The number of likely N-dealkylation sites (N-methyl/N-ethyl adjacent to an activating group) is 1. The van der Waals surface area contributed by atoms with Crippen molar-refractivity contribution in [1.29, 1.82) is 0 Å². The van der Waals surface area contributed by atoms with E-state index in [2.05, 4.69) is 18.7 Å². The van der Waals surface area contributed by atoms with Crippen LogP contribution in [0.2, 0.25) is 0 Å². The van der Waals surface area contributed by atoms with Crippen LogP contribution in [0.15, 0.2) is 54.1 Å². The standard InChI is InChI=1S/C25H30N2O3/c1-5-26(6-2)15-16-27-22(20-10-8-7-9-18(20)4)21(24(29)25(27)30)23(28)19-13-11-17(3)12-14-19/h7-14,22,28H,5-6,15-16H2,1-4H3/b23-21-. The van der Waals surface area contributed by atoms with E-state index in [-0.39, 0.29) is 11.3 Å². The molecule has 0 bridgehead atoms. The number of carbonyl (C=O) groups excluding carboxylic acids is 2. The van der Waals surface area contributed by atoms with Gasteiger partial charge >= 0.3 is 0 Å². The Morgan fingerprint density at radius 1 is 1.00 bits per heavy atom. The number of benzene rings is 2. The van der Waals surface area contributed by atoms with Crippen LogP contribution in [0.5, 0.6) is 0 Å². The van der Waals surface area contributed by atoms with Crippen molar-refractivity contribution in [1.82, 2.24) is 9.80 Å². The van der Waals surface area contributed by atoms with Gasteiger partial charge in [-0.3, -0.25) is 9.59 Å². The Balaban J connectivity index is 2.11. The van der Waals surface area contributed by atoms with Crippen LogP contribution in [-0.2, 0) is 9.59 Å². The Morgan fingerprint density at radius 2 is 1.63 bits per heavy atom. The fraction of sp³-hybridized carbons (Fsp3) is 0.360. The number of rotatable bonds is 7. The molecule has 1 unspecified atom stereocenters. The highest BCUT2D eigenvalue weighted by Gasteiger charge is 2.46. The van der Waals surface area contributed by atoms with Crippen LogP contribution in [0.3, 0.4) is 0 Å². The van der Waals surface area contributed by atoms with Crippen molar-refractivity contribution in [2.45, 2.75) is 33.7 Å². The molecule has 1 saturated heterocycles. The maximum absolute atomic E-state index is 13.1. The molecular formula is C25H30N2O3. The fourth-order valence-corrected chi connectivity index (χ4v) is 3.98. The molecule has 0 aromatic heterocycles. The van der Waals surface area contributed by atoms with Gasteiger partial charge in [0.2, 0.25) is 0 Å². The third kappa shape index (κ3) is 4.17. The van der Waals surface area contributed by atoms with E-state index >= 15 is 0 Å². The third-order valence-corrected chi connectivity index (χ3v) is 5.90. The first-order valence-electron chi connectivity index (χ1n) is 10.5. The van der Waals surface area contributed by atoms with Crippen LogP contribution < -0.4 is 0 Å². The van der Waals surface area contributed by atoms with Crippen LogP contribution in [-0.4, -0.2) is 52.8 Å². The highest BCUT2D eigenvalue weighted by Crippen LogP contribution is 2.40. The Bertz CT molecular complexity index is 959. The predicted molar refractivity (Wildman–Crippen MR) is 119 cm³/mol. The molecule has 158 valence electrons. The quantitative estimate of drug-likeness (QED) is 0.428. The van der Waals surface area contributed by atoms with Gasteiger partial charge in [-0.05, 0) is 38.1 Å². The molecule has 2 aromatic rings. The lowest BCUT2D eigenvalue weighted by Crippen LogP contribution is -2.38. The summed E-state index contributed by atoms with van der Waals surface area (Å²) in [6.45, 7) is 10.9. The summed E-state index contributed by atoms with van der Waals surface area (Å²) in [4.78, 5) is 29.9. The highest BCUT2D eigenvalue weighted by atomic mass is 16.3. The van der Waals surface area contributed by atoms with Gasteiger partial charge in [-0.25, -0.2) is 0 Å². The van der Waals surface area contributed by atoms with Gasteiger partial charge in [0.1, 0.15) is 5.76 Å². The average molecular weight is 407 g/mol. The number of Topliss-reactive ketones (excluding diaryl/α,β-unsaturated/α-hetero) is 1. The van der Waals surface area contributed by atoms with Gasteiger partial charge in [-0.1, -0.05) is 67.9 Å². The summed E-state index contributed by atoms with van der Waals surface area (Å²) in [6, 6.07) is 14.5. The molecule has 5 heteroatoms. The molecule has 0 aliphatic carbocycles. The van der Waals surface area contributed by atoms with Gasteiger partial charge in [0.25, 0.3) is 11.7 Å². The first-order valence-corrected chi connectivity index (χ1v) is 10.5. The number of hydrogen-bond donors (Lipinski definition) is 1. The van der Waals surface area contributed by atoms with E-state index in [1.807, 2.05) is 50.2 Å². The van der Waals surface area contributed by atoms with Crippen molar-refractivity contribution < 1.29 is 14.7 Å². The summed E-state index contributed by atoms with van der Waals surface area (Å²) < 4.78 is 0. The molecule has 1 aliphatic rings. The molecule has 0 spiro atoms. The Morgan fingerprint density at radius 3 is 2.23 bits per heavy atom. The van der Waals surface area contributed by atoms with E-state index in [4.69, 9.17) is 0 Å². The largest absolute Gasteiger partial charge is 0.507 e. The first kappa shape index (κ1) is 21.8. The molecular weight excluding hydrogens is 376 g/mol. The molecule has 1 N–H and O–H groups in total. The molecule has 5 nitrogen and oxygen atoms in total. The third-order valence-electron chi connectivity index (χ3n) is 5.90. The number of ketones is 1. The minimum Gasteiger partial charge on any atom is -0.507 e.